The van der Waals surface area contributed by atoms with Crippen molar-refractivity contribution < 1.29 is 9.84 Å². The number of benzene rings is 2. The number of pyridine rings is 1. The Bertz CT molecular complexity index is 680. The number of phenolic OH excluding ortho intramolecular Hbond substituents is 1. The van der Waals surface area contributed by atoms with Crippen LogP contribution in [0.1, 0.15) is 0 Å². The third-order valence-corrected chi connectivity index (χ3v) is 2.64. The molecule has 88 valence electrons. The van der Waals surface area contributed by atoms with Gasteiger partial charge >= 0.3 is 0 Å². The molecule has 1 N–H and O–H groups in total. The van der Waals surface area contributed by atoms with E-state index in [2.05, 4.69) is 4.98 Å². The van der Waals surface area contributed by atoms with Gasteiger partial charge < -0.3 is 9.84 Å². The van der Waals surface area contributed by atoms with Crippen LogP contribution in [0.2, 0.25) is 0 Å². The summed E-state index contributed by atoms with van der Waals surface area (Å²) in [5, 5.41) is 10.6. The van der Waals surface area contributed by atoms with E-state index in [1.807, 2.05) is 42.5 Å². The van der Waals surface area contributed by atoms with Crippen LogP contribution < -0.4 is 4.74 Å². The van der Waals surface area contributed by atoms with Crippen LogP contribution in [0, 0.1) is 0 Å². The molecule has 3 aromatic rings. The SMILES string of the molecule is Oc1cccc2ccc(Oc3ccccc3)nc12. The summed E-state index contributed by atoms with van der Waals surface area (Å²) in [6.45, 7) is 0. The molecular formula is C15H11NO2. The molecule has 1 heterocycles. The van der Waals surface area contributed by atoms with Crippen molar-refractivity contribution in [1.82, 2.24) is 4.98 Å². The molecule has 0 unspecified atom stereocenters. The number of phenols is 1. The minimum absolute atomic E-state index is 0.158. The molecule has 0 atom stereocenters. The normalized spacial score (nSPS) is 10.4. The molecule has 0 radical (unpaired) electrons. The lowest BCUT2D eigenvalue weighted by molar-refractivity contribution is 0.460. The molecule has 0 amide bonds. The van der Waals surface area contributed by atoms with Gasteiger partial charge in [0.25, 0.3) is 0 Å². The number of ether oxygens (including phenoxy) is 1. The zero-order chi connectivity index (χ0) is 12.4. The van der Waals surface area contributed by atoms with E-state index in [0.29, 0.717) is 11.4 Å². The van der Waals surface area contributed by atoms with Crippen molar-refractivity contribution in [3.05, 3.63) is 60.7 Å². The average Bonchev–Trinajstić information content (AvgIpc) is 2.41. The van der Waals surface area contributed by atoms with Gasteiger partial charge in [-0.2, -0.15) is 0 Å². The van der Waals surface area contributed by atoms with E-state index in [1.165, 1.54) is 0 Å². The lowest BCUT2D eigenvalue weighted by Crippen LogP contribution is -1.88. The van der Waals surface area contributed by atoms with Crippen LogP contribution in [0.3, 0.4) is 0 Å². The number of aromatic hydroxyl groups is 1. The summed E-state index contributed by atoms with van der Waals surface area (Å²) in [6, 6.07) is 18.4. The highest BCUT2D eigenvalue weighted by atomic mass is 16.5. The third-order valence-electron chi connectivity index (χ3n) is 2.64. The van der Waals surface area contributed by atoms with Gasteiger partial charge in [0.2, 0.25) is 5.88 Å². The zero-order valence-corrected chi connectivity index (χ0v) is 9.58. The largest absolute Gasteiger partial charge is 0.506 e. The number of hydrogen-bond acceptors (Lipinski definition) is 3. The van der Waals surface area contributed by atoms with Crippen molar-refractivity contribution in [3.63, 3.8) is 0 Å². The van der Waals surface area contributed by atoms with E-state index in [4.69, 9.17) is 4.74 Å². The van der Waals surface area contributed by atoms with Gasteiger partial charge in [-0.1, -0.05) is 30.3 Å². The fraction of sp³-hybridized carbons (Fsp3) is 0. The molecule has 0 bridgehead atoms. The second-order valence-electron chi connectivity index (χ2n) is 3.91. The highest BCUT2D eigenvalue weighted by molar-refractivity contribution is 5.84. The van der Waals surface area contributed by atoms with E-state index in [9.17, 15) is 5.11 Å². The molecule has 0 aliphatic heterocycles. The van der Waals surface area contributed by atoms with Crippen molar-refractivity contribution in [2.75, 3.05) is 0 Å². The molecule has 0 spiro atoms. The summed E-state index contributed by atoms with van der Waals surface area (Å²) < 4.78 is 5.62. The molecule has 0 saturated heterocycles. The Kier molecular flexibility index (Phi) is 2.57. The minimum Gasteiger partial charge on any atom is -0.506 e. The Balaban J connectivity index is 2.01. The molecule has 0 saturated carbocycles. The summed E-state index contributed by atoms with van der Waals surface area (Å²) in [5.74, 6) is 1.35. The van der Waals surface area contributed by atoms with Crippen LogP contribution in [-0.4, -0.2) is 10.1 Å². The number of nitrogens with zero attached hydrogens (tertiary/aromatic N) is 1. The zero-order valence-electron chi connectivity index (χ0n) is 9.58. The van der Waals surface area contributed by atoms with Gasteiger partial charge in [-0.15, -0.1) is 0 Å². The smallest absolute Gasteiger partial charge is 0.219 e. The van der Waals surface area contributed by atoms with Gasteiger partial charge in [-0.25, -0.2) is 4.98 Å². The molecule has 0 fully saturated rings. The van der Waals surface area contributed by atoms with E-state index < -0.39 is 0 Å². The van der Waals surface area contributed by atoms with E-state index in [-0.39, 0.29) is 5.75 Å². The Hall–Kier alpha value is -2.55. The Morgan fingerprint density at radius 3 is 2.50 bits per heavy atom. The highest BCUT2D eigenvalue weighted by Gasteiger charge is 2.04. The number of fused-ring (bicyclic) bond motifs is 1. The first kappa shape index (κ1) is 10.6. The van der Waals surface area contributed by atoms with Crippen LogP contribution in [0.15, 0.2) is 60.7 Å². The van der Waals surface area contributed by atoms with Gasteiger partial charge in [-0.3, -0.25) is 0 Å². The van der Waals surface area contributed by atoms with Gasteiger partial charge in [-0.05, 0) is 24.3 Å². The maximum atomic E-state index is 9.74. The fourth-order valence-corrected chi connectivity index (χ4v) is 1.78. The minimum atomic E-state index is 0.158. The second kappa shape index (κ2) is 4.37. The maximum absolute atomic E-state index is 9.74. The van der Waals surface area contributed by atoms with E-state index in [0.717, 1.165) is 11.1 Å². The third kappa shape index (κ3) is 1.98. The molecule has 3 nitrogen and oxygen atoms in total. The summed E-state index contributed by atoms with van der Waals surface area (Å²) in [4.78, 5) is 4.30. The maximum Gasteiger partial charge on any atom is 0.219 e. The van der Waals surface area contributed by atoms with Gasteiger partial charge in [0.05, 0.1) is 0 Å². The molecule has 3 rings (SSSR count). The van der Waals surface area contributed by atoms with Gasteiger partial charge in [0.1, 0.15) is 17.0 Å². The molecule has 18 heavy (non-hydrogen) atoms. The first-order valence-corrected chi connectivity index (χ1v) is 5.64. The van der Waals surface area contributed by atoms with Crippen LogP contribution >= 0.6 is 0 Å². The highest BCUT2D eigenvalue weighted by Crippen LogP contribution is 2.26. The molecule has 1 aromatic heterocycles. The average molecular weight is 237 g/mol. The van der Waals surface area contributed by atoms with Crippen molar-refractivity contribution in [2.45, 2.75) is 0 Å². The van der Waals surface area contributed by atoms with Crippen molar-refractivity contribution >= 4 is 10.9 Å². The number of hydrogen-bond donors (Lipinski definition) is 1. The number of para-hydroxylation sites is 2. The van der Waals surface area contributed by atoms with Crippen molar-refractivity contribution in [3.8, 4) is 17.4 Å². The predicted octanol–water partition coefficient (Wildman–Crippen LogP) is 3.73. The molecule has 0 aliphatic rings. The Labute approximate surface area is 104 Å². The van der Waals surface area contributed by atoms with Crippen LogP contribution in [0.25, 0.3) is 10.9 Å². The summed E-state index contributed by atoms with van der Waals surface area (Å²) in [6.07, 6.45) is 0. The number of rotatable bonds is 2. The first-order valence-electron chi connectivity index (χ1n) is 5.64. The van der Waals surface area contributed by atoms with Crippen LogP contribution in [-0.2, 0) is 0 Å². The molecule has 0 aliphatic carbocycles. The second-order valence-corrected chi connectivity index (χ2v) is 3.91. The summed E-state index contributed by atoms with van der Waals surface area (Å²) in [7, 11) is 0. The van der Waals surface area contributed by atoms with Gasteiger partial charge in [0.15, 0.2) is 0 Å². The predicted molar refractivity (Wildman–Crippen MR) is 69.9 cm³/mol. The van der Waals surface area contributed by atoms with Gasteiger partial charge in [0, 0.05) is 11.5 Å². The standard InChI is InChI=1S/C15H11NO2/c17-13-8-4-5-11-9-10-14(16-15(11)13)18-12-6-2-1-3-7-12/h1-10,17H. The van der Waals surface area contributed by atoms with Crippen LogP contribution in [0.5, 0.6) is 17.4 Å². The first-order chi connectivity index (χ1) is 8.83. The summed E-state index contributed by atoms with van der Waals surface area (Å²) >= 11 is 0. The Morgan fingerprint density at radius 1 is 0.833 bits per heavy atom. The molecular weight excluding hydrogens is 226 g/mol. The Morgan fingerprint density at radius 2 is 1.67 bits per heavy atom. The van der Waals surface area contributed by atoms with E-state index >= 15 is 0 Å². The topological polar surface area (TPSA) is 42.4 Å². The lowest BCUT2D eigenvalue weighted by Gasteiger charge is -2.06. The van der Waals surface area contributed by atoms with Crippen molar-refractivity contribution in [2.24, 2.45) is 0 Å². The summed E-state index contributed by atoms with van der Waals surface area (Å²) in [5.41, 5.74) is 0.547. The van der Waals surface area contributed by atoms with Crippen LogP contribution in [0.4, 0.5) is 0 Å². The molecule has 2 aromatic carbocycles. The quantitative estimate of drug-likeness (QED) is 0.738. The molecule has 3 heteroatoms. The van der Waals surface area contributed by atoms with E-state index in [1.54, 1.807) is 18.2 Å². The lowest BCUT2D eigenvalue weighted by atomic mass is 10.2. The van der Waals surface area contributed by atoms with Crippen molar-refractivity contribution in [1.29, 1.82) is 0 Å². The fourth-order valence-electron chi connectivity index (χ4n) is 1.78. The number of aromatic nitrogens is 1. The monoisotopic (exact) mass is 237 g/mol.